The van der Waals surface area contributed by atoms with Crippen molar-refractivity contribution in [1.82, 2.24) is 19.5 Å². The number of aromatic nitrogens is 4. The van der Waals surface area contributed by atoms with Crippen LogP contribution in [0.4, 0.5) is 5.82 Å². The van der Waals surface area contributed by atoms with Gasteiger partial charge < -0.3 is 20.1 Å². The largest absolute Gasteiger partial charge is 0.470 e. The molecule has 9 nitrogen and oxygen atoms in total. The molecule has 0 aliphatic heterocycles. The predicted molar refractivity (Wildman–Crippen MR) is 69.4 cm³/mol. The molecular weight excluding hydrogens is 285 g/mol. The van der Waals surface area contributed by atoms with Gasteiger partial charge >= 0.3 is 7.82 Å². The Morgan fingerprint density at radius 2 is 2.15 bits per heavy atom. The first kappa shape index (κ1) is 13.2. The minimum atomic E-state index is -4.50. The number of hydrogen-bond donors (Lipinski definition) is 3. The Balaban J connectivity index is 1.86. The van der Waals surface area contributed by atoms with Crippen molar-refractivity contribution < 1.29 is 18.9 Å². The maximum absolute atomic E-state index is 10.8. The van der Waals surface area contributed by atoms with E-state index in [1.807, 2.05) is 0 Å². The lowest BCUT2D eigenvalue weighted by molar-refractivity contribution is 0.155. The molecule has 0 spiro atoms. The molecule has 3 rings (SSSR count). The molecule has 0 bridgehead atoms. The van der Waals surface area contributed by atoms with Crippen LogP contribution in [-0.2, 0) is 9.09 Å². The van der Waals surface area contributed by atoms with Gasteiger partial charge in [-0.25, -0.2) is 19.5 Å². The molecule has 4 N–H and O–H groups in total. The number of nitrogens with zero attached hydrogens (tertiary/aromatic N) is 4. The predicted octanol–water partition coefficient (Wildman–Crippen LogP) is 0.387. The molecule has 2 heterocycles. The second-order valence-corrected chi connectivity index (χ2v) is 5.60. The maximum Gasteiger partial charge on any atom is 0.470 e. The Morgan fingerprint density at radius 3 is 2.90 bits per heavy atom. The van der Waals surface area contributed by atoms with Crippen LogP contribution in [-0.4, -0.2) is 35.4 Å². The topological polar surface area (TPSA) is 136 Å². The first-order valence-corrected chi connectivity index (χ1v) is 7.32. The molecule has 0 fully saturated rings. The van der Waals surface area contributed by atoms with Gasteiger partial charge in [-0.05, 0) is 0 Å². The Hall–Kier alpha value is -1.80. The van der Waals surface area contributed by atoms with E-state index in [9.17, 15) is 4.57 Å². The Morgan fingerprint density at radius 1 is 1.35 bits per heavy atom. The molecule has 2 atom stereocenters. The number of imidazole rings is 1. The molecule has 0 amide bonds. The summed E-state index contributed by atoms with van der Waals surface area (Å²) in [5.74, 6) is 0.291. The van der Waals surface area contributed by atoms with E-state index in [4.69, 9.17) is 15.5 Å². The van der Waals surface area contributed by atoms with Gasteiger partial charge in [0, 0.05) is 6.42 Å². The van der Waals surface area contributed by atoms with E-state index < -0.39 is 13.9 Å². The first-order valence-electron chi connectivity index (χ1n) is 5.79. The number of rotatable bonds is 3. The van der Waals surface area contributed by atoms with E-state index in [0.717, 1.165) is 0 Å². The van der Waals surface area contributed by atoms with Crippen molar-refractivity contribution in [3.8, 4) is 0 Å². The van der Waals surface area contributed by atoms with E-state index in [1.54, 1.807) is 23.0 Å². The van der Waals surface area contributed by atoms with Crippen molar-refractivity contribution in [3.63, 3.8) is 0 Å². The standard InChI is InChI=1S/C10H12N5O4P/c11-9-8-10(13-4-12-9)15(5-14-8)6-1-2-7(3-6)19-20(16,17)18/h1-2,4-7H,3H2,(H2,11,12,13)(H2,16,17,18)/t6-,7?/m1/s1. The highest BCUT2D eigenvalue weighted by Gasteiger charge is 2.28. The third-order valence-electron chi connectivity index (χ3n) is 3.04. The summed E-state index contributed by atoms with van der Waals surface area (Å²) in [5, 5.41) is 0. The van der Waals surface area contributed by atoms with Crippen LogP contribution in [0.1, 0.15) is 12.5 Å². The van der Waals surface area contributed by atoms with Gasteiger partial charge in [0.25, 0.3) is 0 Å². The summed E-state index contributed by atoms with van der Waals surface area (Å²) in [6.45, 7) is 0. The maximum atomic E-state index is 10.8. The normalized spacial score (nSPS) is 22.7. The highest BCUT2D eigenvalue weighted by molar-refractivity contribution is 7.46. The average Bonchev–Trinajstić information content (AvgIpc) is 2.93. The summed E-state index contributed by atoms with van der Waals surface area (Å²) >= 11 is 0. The molecule has 0 aromatic carbocycles. The van der Waals surface area contributed by atoms with Gasteiger partial charge in [0.2, 0.25) is 0 Å². The summed E-state index contributed by atoms with van der Waals surface area (Å²) in [7, 11) is -4.50. The third-order valence-corrected chi connectivity index (χ3v) is 3.58. The number of phosphoric ester groups is 1. The molecule has 1 unspecified atom stereocenters. The van der Waals surface area contributed by atoms with E-state index >= 15 is 0 Å². The van der Waals surface area contributed by atoms with Crippen LogP contribution in [0, 0.1) is 0 Å². The van der Waals surface area contributed by atoms with Crippen molar-refractivity contribution in [2.75, 3.05) is 5.73 Å². The number of allylic oxidation sites excluding steroid dienone is 1. The lowest BCUT2D eigenvalue weighted by atomic mass is 10.2. The number of anilines is 1. The van der Waals surface area contributed by atoms with Gasteiger partial charge in [0.15, 0.2) is 11.5 Å². The zero-order valence-electron chi connectivity index (χ0n) is 10.2. The summed E-state index contributed by atoms with van der Waals surface area (Å²) in [4.78, 5) is 29.7. The molecule has 20 heavy (non-hydrogen) atoms. The van der Waals surface area contributed by atoms with E-state index in [-0.39, 0.29) is 6.04 Å². The molecule has 0 radical (unpaired) electrons. The van der Waals surface area contributed by atoms with Crippen LogP contribution >= 0.6 is 7.82 Å². The van der Waals surface area contributed by atoms with Crippen LogP contribution in [0.2, 0.25) is 0 Å². The molecule has 0 saturated carbocycles. The van der Waals surface area contributed by atoms with Crippen molar-refractivity contribution in [2.45, 2.75) is 18.6 Å². The van der Waals surface area contributed by atoms with Gasteiger partial charge in [-0.1, -0.05) is 12.2 Å². The second-order valence-electron chi connectivity index (χ2n) is 4.41. The minimum Gasteiger partial charge on any atom is -0.382 e. The Labute approximate surface area is 113 Å². The molecule has 10 heteroatoms. The SMILES string of the molecule is Nc1ncnc2c1ncn2[C@@H]1C=CC(OP(=O)(O)O)C1. The van der Waals surface area contributed by atoms with E-state index in [1.165, 1.54) is 6.33 Å². The fourth-order valence-electron chi connectivity index (χ4n) is 2.22. The molecule has 2 aromatic rings. The number of hydrogen-bond acceptors (Lipinski definition) is 6. The van der Waals surface area contributed by atoms with Crippen molar-refractivity contribution in [2.24, 2.45) is 0 Å². The van der Waals surface area contributed by atoms with Crippen molar-refractivity contribution in [3.05, 3.63) is 24.8 Å². The van der Waals surface area contributed by atoms with Gasteiger partial charge in [-0.3, -0.25) is 4.52 Å². The minimum absolute atomic E-state index is 0.147. The van der Waals surface area contributed by atoms with Crippen LogP contribution in [0.15, 0.2) is 24.8 Å². The summed E-state index contributed by atoms with van der Waals surface area (Å²) in [6, 6.07) is -0.147. The molecule has 1 aliphatic rings. The van der Waals surface area contributed by atoms with Crippen LogP contribution in [0.25, 0.3) is 11.2 Å². The summed E-state index contributed by atoms with van der Waals surface area (Å²) < 4.78 is 17.2. The van der Waals surface area contributed by atoms with Gasteiger partial charge in [-0.2, -0.15) is 0 Å². The lowest BCUT2D eigenvalue weighted by Crippen LogP contribution is -2.10. The highest BCUT2D eigenvalue weighted by atomic mass is 31.2. The lowest BCUT2D eigenvalue weighted by Gasteiger charge is -2.14. The molecular formula is C10H12N5O4P. The number of phosphoric acid groups is 1. The van der Waals surface area contributed by atoms with Crippen molar-refractivity contribution >= 4 is 24.8 Å². The average molecular weight is 297 g/mol. The second kappa shape index (κ2) is 4.64. The monoisotopic (exact) mass is 297 g/mol. The Kier molecular flexibility index (Phi) is 3.06. The molecule has 0 saturated heterocycles. The molecule has 2 aromatic heterocycles. The van der Waals surface area contributed by atoms with Gasteiger partial charge in [0.1, 0.15) is 11.8 Å². The van der Waals surface area contributed by atoms with Crippen molar-refractivity contribution in [1.29, 1.82) is 0 Å². The third kappa shape index (κ3) is 2.44. The smallest absolute Gasteiger partial charge is 0.382 e. The summed E-state index contributed by atoms with van der Waals surface area (Å²) in [6.07, 6.45) is 6.07. The fraction of sp³-hybridized carbons (Fsp3) is 0.300. The molecule has 106 valence electrons. The summed E-state index contributed by atoms with van der Waals surface area (Å²) in [5.41, 5.74) is 6.78. The van der Waals surface area contributed by atoms with Crippen LogP contribution < -0.4 is 5.73 Å². The van der Waals surface area contributed by atoms with Crippen LogP contribution in [0.5, 0.6) is 0 Å². The van der Waals surface area contributed by atoms with Gasteiger partial charge in [-0.15, -0.1) is 0 Å². The fourth-order valence-corrected chi connectivity index (χ4v) is 2.73. The Bertz CT molecular complexity index is 724. The zero-order chi connectivity index (χ0) is 14.3. The van der Waals surface area contributed by atoms with Gasteiger partial charge in [0.05, 0.1) is 18.5 Å². The first-order chi connectivity index (χ1) is 9.44. The van der Waals surface area contributed by atoms with E-state index in [2.05, 4.69) is 19.5 Å². The quantitative estimate of drug-likeness (QED) is 0.546. The van der Waals surface area contributed by atoms with E-state index in [0.29, 0.717) is 23.4 Å². The zero-order valence-corrected chi connectivity index (χ0v) is 11.1. The highest BCUT2D eigenvalue weighted by Crippen LogP contribution is 2.41. The number of fused-ring (bicyclic) bond motifs is 1. The number of nitrogen functional groups attached to an aromatic ring is 1. The van der Waals surface area contributed by atoms with Crippen LogP contribution in [0.3, 0.4) is 0 Å². The number of nitrogens with two attached hydrogens (primary N) is 1. The molecule has 1 aliphatic carbocycles.